The maximum atomic E-state index is 11.2. The molecule has 4 N–H and O–H groups in total. The lowest BCUT2D eigenvalue weighted by Crippen LogP contribution is -2.08. The summed E-state index contributed by atoms with van der Waals surface area (Å²) in [6, 6.07) is 21.7. The van der Waals surface area contributed by atoms with Gasteiger partial charge in [0.15, 0.2) is 11.5 Å². The Hall–Kier alpha value is -6.80. The second-order valence-corrected chi connectivity index (χ2v) is 13.2. The highest BCUT2D eigenvalue weighted by Crippen LogP contribution is 2.50. The third kappa shape index (κ3) is 4.68. The molecular formula is C44H34N4O4. The molecule has 3 aromatic heterocycles. The van der Waals surface area contributed by atoms with Gasteiger partial charge in [-0.15, -0.1) is 0 Å². The highest BCUT2D eigenvalue weighted by Gasteiger charge is 2.27. The van der Waals surface area contributed by atoms with E-state index in [0.717, 1.165) is 69.2 Å². The average Bonchev–Trinajstić information content (AvgIpc) is 3.67. The first kappa shape index (κ1) is 31.2. The molecule has 2 aliphatic carbocycles. The molecule has 0 atom stereocenters. The number of aromatic nitrogens is 4. The first-order valence-corrected chi connectivity index (χ1v) is 17.2. The van der Waals surface area contributed by atoms with Crippen molar-refractivity contribution in [2.75, 3.05) is 0 Å². The van der Waals surface area contributed by atoms with Crippen LogP contribution in [0.4, 0.5) is 0 Å². The van der Waals surface area contributed by atoms with E-state index in [1.807, 2.05) is 78.9 Å². The molecule has 0 bridgehead atoms. The van der Waals surface area contributed by atoms with Crippen molar-refractivity contribution in [3.05, 3.63) is 143 Å². The monoisotopic (exact) mass is 682 g/mol. The van der Waals surface area contributed by atoms with Gasteiger partial charge in [-0.25, -0.2) is 9.97 Å². The Kier molecular flexibility index (Phi) is 7.15. The molecule has 0 saturated heterocycles. The predicted octanol–water partition coefficient (Wildman–Crippen LogP) is 9.51. The standard InChI is InChI=1S/C44H34N4O4/c1-25-12-4-3-5-13-29-28-14-7-11-19-35(28)48(36(29)22-20-25)44-45-33-17-9-6-16-31(33)38(46-44)27-21-23-37-32(24-27)30-15-8-10-18-34(30)47(37)39-40(49)26(2)41(50)43(52)42(39)51/h3-6,8-12,15-24,49-52H,1,7,13-14H2,2H3/b5-3-,12-4-,22-20-. The summed E-state index contributed by atoms with van der Waals surface area (Å²) >= 11 is 0. The Morgan fingerprint density at radius 1 is 0.654 bits per heavy atom. The second-order valence-electron chi connectivity index (χ2n) is 13.2. The third-order valence-electron chi connectivity index (χ3n) is 10.2. The molecule has 0 saturated carbocycles. The Morgan fingerprint density at radius 3 is 2.29 bits per heavy atom. The molecule has 8 heteroatoms. The molecule has 0 radical (unpaired) electrons. The van der Waals surface area contributed by atoms with Crippen LogP contribution in [0, 0.1) is 6.92 Å². The fourth-order valence-corrected chi connectivity index (χ4v) is 7.65. The molecule has 0 spiro atoms. The lowest BCUT2D eigenvalue weighted by atomic mass is 9.96. The number of rotatable bonds is 3. The maximum Gasteiger partial charge on any atom is 0.235 e. The number of phenolic OH excluding ortho intramolecular Hbond substituents is 4. The van der Waals surface area contributed by atoms with E-state index in [1.54, 1.807) is 4.57 Å². The zero-order chi connectivity index (χ0) is 35.7. The van der Waals surface area contributed by atoms with Gasteiger partial charge in [0.05, 0.1) is 33.6 Å². The Bertz CT molecular complexity index is 2760. The van der Waals surface area contributed by atoms with Crippen LogP contribution >= 0.6 is 0 Å². The van der Waals surface area contributed by atoms with E-state index >= 15 is 0 Å². The van der Waals surface area contributed by atoms with Gasteiger partial charge in [-0.3, -0.25) is 4.57 Å². The molecule has 0 aliphatic heterocycles. The summed E-state index contributed by atoms with van der Waals surface area (Å²) in [7, 11) is 0. The topological polar surface area (TPSA) is 117 Å². The van der Waals surface area contributed by atoms with Gasteiger partial charge >= 0.3 is 0 Å². The predicted molar refractivity (Wildman–Crippen MR) is 208 cm³/mol. The molecule has 0 unspecified atom stereocenters. The van der Waals surface area contributed by atoms with Crippen LogP contribution in [0.15, 0.2) is 115 Å². The SMILES string of the molecule is C=C1/C=C\C=C/Cc2c3c(n(-c4nc(-c5ccc6c(c5)c5ccccc5n6-c5c(O)c(C)c(O)c(O)c5O)c5ccccc5n4)c2/C=C\1)C=CCC3. The zero-order valence-electron chi connectivity index (χ0n) is 28.4. The Balaban J connectivity index is 1.31. The number of para-hydroxylation sites is 2. The summed E-state index contributed by atoms with van der Waals surface area (Å²) < 4.78 is 3.88. The molecule has 0 fully saturated rings. The summed E-state index contributed by atoms with van der Waals surface area (Å²) in [5.74, 6) is -1.65. The van der Waals surface area contributed by atoms with Crippen molar-refractivity contribution in [2.24, 2.45) is 0 Å². The van der Waals surface area contributed by atoms with Gasteiger partial charge in [-0.05, 0) is 79.3 Å². The van der Waals surface area contributed by atoms with Crippen molar-refractivity contribution < 1.29 is 20.4 Å². The van der Waals surface area contributed by atoms with Crippen molar-refractivity contribution in [3.63, 3.8) is 0 Å². The lowest BCUT2D eigenvalue weighted by molar-refractivity contribution is 0.357. The van der Waals surface area contributed by atoms with Crippen LogP contribution in [-0.4, -0.2) is 39.5 Å². The van der Waals surface area contributed by atoms with E-state index in [4.69, 9.17) is 9.97 Å². The van der Waals surface area contributed by atoms with Crippen LogP contribution in [0.2, 0.25) is 0 Å². The number of phenols is 4. The Labute approximate surface area is 299 Å². The first-order valence-electron chi connectivity index (χ1n) is 17.2. The van der Waals surface area contributed by atoms with Crippen molar-refractivity contribution in [3.8, 4) is 45.9 Å². The minimum absolute atomic E-state index is 0.0176. The van der Waals surface area contributed by atoms with E-state index in [2.05, 4.69) is 47.6 Å². The summed E-state index contributed by atoms with van der Waals surface area (Å²) in [6.45, 7) is 5.70. The number of allylic oxidation sites excluding steroid dienone is 7. The molecule has 3 heterocycles. The smallest absolute Gasteiger partial charge is 0.235 e. The van der Waals surface area contributed by atoms with E-state index in [0.29, 0.717) is 17.0 Å². The van der Waals surface area contributed by atoms with E-state index in [9.17, 15) is 20.4 Å². The van der Waals surface area contributed by atoms with Gasteiger partial charge in [0.1, 0.15) is 11.4 Å². The van der Waals surface area contributed by atoms with E-state index < -0.39 is 17.2 Å². The van der Waals surface area contributed by atoms with Crippen LogP contribution in [-0.2, 0) is 12.8 Å². The summed E-state index contributed by atoms with van der Waals surface area (Å²) in [5.41, 5.74) is 9.41. The summed E-state index contributed by atoms with van der Waals surface area (Å²) in [6.07, 6.45) is 19.5. The minimum Gasteiger partial charge on any atom is -0.505 e. The quantitative estimate of drug-likeness (QED) is 0.109. The van der Waals surface area contributed by atoms with Crippen molar-refractivity contribution in [2.45, 2.75) is 26.2 Å². The number of fused-ring (bicyclic) bond motifs is 7. The summed E-state index contributed by atoms with van der Waals surface area (Å²) in [5, 5.41) is 45.8. The third-order valence-corrected chi connectivity index (χ3v) is 10.2. The van der Waals surface area contributed by atoms with Gasteiger partial charge in [-0.2, -0.15) is 0 Å². The van der Waals surface area contributed by atoms with Crippen LogP contribution in [0.1, 0.15) is 34.5 Å². The molecule has 9 rings (SSSR count). The number of hydrogen-bond donors (Lipinski definition) is 4. The Morgan fingerprint density at radius 2 is 1.42 bits per heavy atom. The highest BCUT2D eigenvalue weighted by atomic mass is 16.3. The number of benzene rings is 4. The van der Waals surface area contributed by atoms with Crippen molar-refractivity contribution >= 4 is 44.9 Å². The minimum atomic E-state index is -0.693. The fraction of sp³-hybridized carbons (Fsp3) is 0.0909. The van der Waals surface area contributed by atoms with E-state index in [-0.39, 0.29) is 17.0 Å². The van der Waals surface area contributed by atoms with Gasteiger partial charge in [0, 0.05) is 27.3 Å². The molecule has 4 aromatic carbocycles. The molecule has 2 aliphatic rings. The fourth-order valence-electron chi connectivity index (χ4n) is 7.65. The van der Waals surface area contributed by atoms with Crippen LogP contribution in [0.3, 0.4) is 0 Å². The van der Waals surface area contributed by atoms with Crippen LogP contribution in [0.5, 0.6) is 23.0 Å². The molecule has 0 amide bonds. The molecule has 8 nitrogen and oxygen atoms in total. The summed E-state index contributed by atoms with van der Waals surface area (Å²) in [4.78, 5) is 10.5. The largest absolute Gasteiger partial charge is 0.505 e. The van der Waals surface area contributed by atoms with E-state index in [1.165, 1.54) is 18.1 Å². The zero-order valence-corrected chi connectivity index (χ0v) is 28.4. The molecular weight excluding hydrogens is 649 g/mol. The highest BCUT2D eigenvalue weighted by molar-refractivity contribution is 6.11. The first-order chi connectivity index (χ1) is 25.3. The maximum absolute atomic E-state index is 11.2. The molecule has 52 heavy (non-hydrogen) atoms. The van der Waals surface area contributed by atoms with Crippen LogP contribution in [0.25, 0.3) is 67.8 Å². The van der Waals surface area contributed by atoms with Crippen LogP contribution < -0.4 is 0 Å². The van der Waals surface area contributed by atoms with Crippen molar-refractivity contribution in [1.29, 1.82) is 0 Å². The molecule has 254 valence electrons. The van der Waals surface area contributed by atoms with Gasteiger partial charge in [0.2, 0.25) is 11.7 Å². The normalized spacial score (nSPS) is 15.9. The van der Waals surface area contributed by atoms with Gasteiger partial charge in [0.25, 0.3) is 0 Å². The number of hydrogen-bond acceptors (Lipinski definition) is 6. The molecule has 7 aromatic rings. The number of aromatic hydroxyl groups is 4. The van der Waals surface area contributed by atoms with Crippen molar-refractivity contribution in [1.82, 2.24) is 19.1 Å². The average molecular weight is 683 g/mol. The van der Waals surface area contributed by atoms with Gasteiger partial charge in [-0.1, -0.05) is 85.5 Å². The number of nitrogens with zero attached hydrogens (tertiary/aromatic N) is 4. The second kappa shape index (κ2) is 11.9. The lowest BCUT2D eigenvalue weighted by Gasteiger charge is -2.16. The van der Waals surface area contributed by atoms with Gasteiger partial charge < -0.3 is 25.0 Å².